The predicted octanol–water partition coefficient (Wildman–Crippen LogP) is 1.30. The second-order valence-corrected chi connectivity index (χ2v) is 6.94. The fraction of sp³-hybridized carbons (Fsp3) is 0.571. The maximum absolute atomic E-state index is 12.4. The number of hydrogen-bond acceptors (Lipinski definition) is 4. The molecule has 0 saturated heterocycles. The average molecular weight is 298 g/mol. The van der Waals surface area contributed by atoms with E-state index < -0.39 is 10.0 Å². The van der Waals surface area contributed by atoms with Crippen molar-refractivity contribution in [1.82, 2.24) is 4.72 Å². The van der Waals surface area contributed by atoms with Gasteiger partial charge in [0.25, 0.3) is 0 Å². The number of hydrogen-bond donors (Lipinski definition) is 2. The molecule has 1 aliphatic carbocycles. The first-order valence-corrected chi connectivity index (χ1v) is 8.31. The molecular weight excluding hydrogens is 276 g/mol. The number of sulfonamides is 1. The fourth-order valence-corrected chi connectivity index (χ4v) is 3.99. The molecular formula is C14H22N2O3S. The summed E-state index contributed by atoms with van der Waals surface area (Å²) in [5.74, 6) is 0. The first-order chi connectivity index (χ1) is 9.47. The molecule has 1 saturated carbocycles. The Kier molecular flexibility index (Phi) is 4.80. The second-order valence-electron chi connectivity index (χ2n) is 5.23. The van der Waals surface area contributed by atoms with Crippen LogP contribution in [0.1, 0.15) is 30.4 Å². The van der Waals surface area contributed by atoms with Crippen molar-refractivity contribution in [2.24, 2.45) is 5.73 Å². The summed E-state index contributed by atoms with van der Waals surface area (Å²) >= 11 is 0. The second kappa shape index (κ2) is 6.22. The van der Waals surface area contributed by atoms with E-state index in [-0.39, 0.29) is 17.0 Å². The van der Waals surface area contributed by atoms with Crippen molar-refractivity contribution in [1.29, 1.82) is 0 Å². The molecule has 0 bridgehead atoms. The Balaban J connectivity index is 2.22. The summed E-state index contributed by atoms with van der Waals surface area (Å²) in [7, 11) is -1.90. The highest BCUT2D eigenvalue weighted by atomic mass is 32.2. The van der Waals surface area contributed by atoms with Crippen molar-refractivity contribution in [2.45, 2.75) is 49.8 Å². The zero-order chi connectivity index (χ0) is 14.8. The normalized spacial score (nSPS) is 23.1. The Bertz CT molecular complexity index is 572. The van der Waals surface area contributed by atoms with Crippen molar-refractivity contribution in [3.8, 4) is 0 Å². The van der Waals surface area contributed by atoms with Crippen LogP contribution in [0.4, 0.5) is 0 Å². The molecule has 6 heteroatoms. The SMILES string of the molecule is COC1CCCC1NS(=O)(=O)c1ccc(C)c(CN)c1. The molecule has 0 aliphatic heterocycles. The summed E-state index contributed by atoms with van der Waals surface area (Å²) in [6.45, 7) is 2.25. The lowest BCUT2D eigenvalue weighted by molar-refractivity contribution is 0.0916. The lowest BCUT2D eigenvalue weighted by atomic mass is 10.1. The van der Waals surface area contributed by atoms with Gasteiger partial charge in [-0.05, 0) is 49.4 Å². The molecule has 1 aliphatic rings. The van der Waals surface area contributed by atoms with Crippen LogP contribution in [0.2, 0.25) is 0 Å². The Labute approximate surface area is 120 Å². The van der Waals surface area contributed by atoms with Gasteiger partial charge >= 0.3 is 0 Å². The maximum atomic E-state index is 12.4. The first-order valence-electron chi connectivity index (χ1n) is 6.82. The highest BCUT2D eigenvalue weighted by molar-refractivity contribution is 7.89. The van der Waals surface area contributed by atoms with E-state index in [0.717, 1.165) is 30.4 Å². The van der Waals surface area contributed by atoms with Crippen molar-refractivity contribution in [3.63, 3.8) is 0 Å². The molecule has 1 aromatic rings. The summed E-state index contributed by atoms with van der Waals surface area (Å²) in [5, 5.41) is 0. The number of nitrogens with one attached hydrogen (secondary N) is 1. The van der Waals surface area contributed by atoms with Gasteiger partial charge in [0, 0.05) is 19.7 Å². The maximum Gasteiger partial charge on any atom is 0.240 e. The van der Waals surface area contributed by atoms with Crippen molar-refractivity contribution in [3.05, 3.63) is 29.3 Å². The number of benzene rings is 1. The van der Waals surface area contributed by atoms with E-state index in [4.69, 9.17) is 10.5 Å². The van der Waals surface area contributed by atoms with Crippen LogP contribution in [-0.2, 0) is 21.3 Å². The van der Waals surface area contributed by atoms with Crippen LogP contribution in [0.25, 0.3) is 0 Å². The Morgan fingerprint density at radius 3 is 2.80 bits per heavy atom. The summed E-state index contributed by atoms with van der Waals surface area (Å²) in [6.07, 6.45) is 2.65. The lowest BCUT2D eigenvalue weighted by Gasteiger charge is -2.20. The number of methoxy groups -OCH3 is 1. The molecule has 112 valence electrons. The van der Waals surface area contributed by atoms with Gasteiger partial charge in [0.15, 0.2) is 0 Å². The van der Waals surface area contributed by atoms with Crippen LogP contribution in [0.15, 0.2) is 23.1 Å². The molecule has 0 spiro atoms. The van der Waals surface area contributed by atoms with Gasteiger partial charge in [-0.3, -0.25) is 0 Å². The zero-order valence-corrected chi connectivity index (χ0v) is 12.7. The van der Waals surface area contributed by atoms with E-state index in [1.807, 2.05) is 6.92 Å². The number of ether oxygens (including phenoxy) is 1. The molecule has 0 aromatic heterocycles. The standard InChI is InChI=1S/C14H22N2O3S/c1-10-6-7-12(8-11(10)9-15)20(17,18)16-13-4-3-5-14(13)19-2/h6-8,13-14,16H,3-5,9,15H2,1-2H3. The zero-order valence-electron chi connectivity index (χ0n) is 11.9. The molecule has 2 atom stereocenters. The fourth-order valence-electron chi connectivity index (χ4n) is 2.65. The molecule has 5 nitrogen and oxygen atoms in total. The van der Waals surface area contributed by atoms with E-state index in [1.165, 1.54) is 0 Å². The van der Waals surface area contributed by atoms with Gasteiger partial charge in [0.2, 0.25) is 10.0 Å². The molecule has 1 fully saturated rings. The average Bonchev–Trinajstić information content (AvgIpc) is 2.85. The molecule has 0 heterocycles. The van der Waals surface area contributed by atoms with Crippen molar-refractivity contribution < 1.29 is 13.2 Å². The van der Waals surface area contributed by atoms with Gasteiger partial charge in [-0.2, -0.15) is 0 Å². The van der Waals surface area contributed by atoms with E-state index in [1.54, 1.807) is 25.3 Å². The van der Waals surface area contributed by atoms with Crippen LogP contribution < -0.4 is 10.5 Å². The molecule has 3 N–H and O–H groups in total. The molecule has 0 amide bonds. The Hall–Kier alpha value is -0.950. The highest BCUT2D eigenvalue weighted by Gasteiger charge is 2.31. The third kappa shape index (κ3) is 3.20. The smallest absolute Gasteiger partial charge is 0.240 e. The molecule has 2 unspecified atom stereocenters. The third-order valence-corrected chi connectivity index (χ3v) is 5.40. The van der Waals surface area contributed by atoms with Crippen LogP contribution >= 0.6 is 0 Å². The lowest BCUT2D eigenvalue weighted by Crippen LogP contribution is -2.40. The summed E-state index contributed by atoms with van der Waals surface area (Å²) in [5.41, 5.74) is 7.49. The van der Waals surface area contributed by atoms with Gasteiger partial charge in [-0.1, -0.05) is 6.07 Å². The van der Waals surface area contributed by atoms with E-state index in [0.29, 0.717) is 6.54 Å². The van der Waals surface area contributed by atoms with Gasteiger partial charge in [-0.15, -0.1) is 0 Å². The summed E-state index contributed by atoms with van der Waals surface area (Å²) in [6, 6.07) is 4.91. The van der Waals surface area contributed by atoms with Crippen LogP contribution in [0.5, 0.6) is 0 Å². The number of aryl methyl sites for hydroxylation is 1. The van der Waals surface area contributed by atoms with E-state index >= 15 is 0 Å². The molecule has 2 rings (SSSR count). The third-order valence-electron chi connectivity index (χ3n) is 3.91. The van der Waals surface area contributed by atoms with Gasteiger partial charge in [0.1, 0.15) is 0 Å². The van der Waals surface area contributed by atoms with Crippen molar-refractivity contribution >= 4 is 10.0 Å². The topological polar surface area (TPSA) is 81.4 Å². The molecule has 1 aromatic carbocycles. The van der Waals surface area contributed by atoms with Crippen molar-refractivity contribution in [2.75, 3.05) is 7.11 Å². The largest absolute Gasteiger partial charge is 0.380 e. The summed E-state index contributed by atoms with van der Waals surface area (Å²) in [4.78, 5) is 0.269. The minimum absolute atomic E-state index is 0.0378. The van der Waals surface area contributed by atoms with Crippen LogP contribution in [0.3, 0.4) is 0 Å². The molecule has 0 radical (unpaired) electrons. The predicted molar refractivity (Wildman–Crippen MR) is 77.8 cm³/mol. The van der Waals surface area contributed by atoms with Gasteiger partial charge < -0.3 is 10.5 Å². The number of nitrogens with two attached hydrogens (primary N) is 1. The first kappa shape index (κ1) is 15.4. The van der Waals surface area contributed by atoms with Gasteiger partial charge in [-0.25, -0.2) is 13.1 Å². The quantitative estimate of drug-likeness (QED) is 0.858. The summed E-state index contributed by atoms with van der Waals surface area (Å²) < 4.78 is 32.9. The molecule has 20 heavy (non-hydrogen) atoms. The van der Waals surface area contributed by atoms with E-state index in [2.05, 4.69) is 4.72 Å². The van der Waals surface area contributed by atoms with E-state index in [9.17, 15) is 8.42 Å². The monoisotopic (exact) mass is 298 g/mol. The Morgan fingerprint density at radius 2 is 2.15 bits per heavy atom. The minimum atomic E-state index is -3.52. The minimum Gasteiger partial charge on any atom is -0.380 e. The van der Waals surface area contributed by atoms with Crippen LogP contribution in [-0.4, -0.2) is 27.7 Å². The van der Waals surface area contributed by atoms with Gasteiger partial charge in [0.05, 0.1) is 11.0 Å². The Morgan fingerprint density at radius 1 is 1.40 bits per heavy atom. The van der Waals surface area contributed by atoms with Crippen LogP contribution in [0, 0.1) is 6.92 Å². The highest BCUT2D eigenvalue weighted by Crippen LogP contribution is 2.24. The number of rotatable bonds is 5.